The fourth-order valence-corrected chi connectivity index (χ4v) is 13.2. The highest BCUT2D eigenvalue weighted by Gasteiger charge is 2.45. The van der Waals surface area contributed by atoms with Crippen molar-refractivity contribution >= 4 is 98.7 Å². The third-order valence-electron chi connectivity index (χ3n) is 18.7. The lowest BCUT2D eigenvalue weighted by atomic mass is 10.0. The van der Waals surface area contributed by atoms with Gasteiger partial charge in [-0.2, -0.15) is 0 Å². The van der Waals surface area contributed by atoms with Crippen molar-refractivity contribution in [1.82, 2.24) is 35.6 Å². The Bertz CT molecular complexity index is 3940. The van der Waals surface area contributed by atoms with Crippen molar-refractivity contribution in [2.75, 3.05) is 63.0 Å². The van der Waals surface area contributed by atoms with Gasteiger partial charge < -0.3 is 36.4 Å². The van der Waals surface area contributed by atoms with Crippen LogP contribution in [0.15, 0.2) is 164 Å². The maximum absolute atomic E-state index is 14.6. The van der Waals surface area contributed by atoms with Gasteiger partial charge in [0, 0.05) is 36.3 Å². The third-order valence-corrected chi connectivity index (χ3v) is 20.8. The maximum atomic E-state index is 14.6. The first-order valence-corrected chi connectivity index (χ1v) is 36.9. The van der Waals surface area contributed by atoms with Crippen LogP contribution in [0.2, 0.25) is 0 Å². The number of carbonyl (C=O) groups is 6. The lowest BCUT2D eigenvalue weighted by Gasteiger charge is -2.30. The van der Waals surface area contributed by atoms with E-state index in [1.165, 1.54) is 38.1 Å². The summed E-state index contributed by atoms with van der Waals surface area (Å²) >= 11 is 8.73. The normalized spacial score (nSPS) is 20.1. The van der Waals surface area contributed by atoms with Crippen molar-refractivity contribution in [1.29, 1.82) is 0 Å². The minimum atomic E-state index is -0.619. The smallest absolute Gasteiger partial charge is 0.246 e. The van der Waals surface area contributed by atoms with Gasteiger partial charge in [0.05, 0.1) is 41.4 Å². The average Bonchev–Trinajstić information content (AvgIpc) is 1.64. The van der Waals surface area contributed by atoms with Crippen LogP contribution in [-0.2, 0) is 28.8 Å². The number of benzene rings is 6. The Labute approximate surface area is 604 Å². The van der Waals surface area contributed by atoms with Gasteiger partial charge in [-0.15, -0.1) is 0 Å². The Morgan fingerprint density at radius 1 is 0.460 bits per heavy atom. The molecule has 6 atom stereocenters. The minimum Gasteiger partial charge on any atom is -0.343 e. The average molecular weight is 1570 g/mol. The Balaban J connectivity index is 0.000000152. The summed E-state index contributed by atoms with van der Waals surface area (Å²) in [6.45, 7) is 5.14. The lowest BCUT2D eigenvalue weighted by Crippen LogP contribution is -2.51. The Morgan fingerprint density at radius 3 is 1.11 bits per heavy atom. The molecule has 0 spiro atoms. The molecule has 14 nitrogen and oxygen atoms in total. The molecule has 6 aromatic rings. The maximum Gasteiger partial charge on any atom is 0.246 e. The summed E-state index contributed by atoms with van der Waals surface area (Å²) in [7, 11) is 0. The molecule has 2 saturated heterocycles. The first-order chi connectivity index (χ1) is 48.3. The molecule has 14 rings (SSSR count). The first kappa shape index (κ1) is 75.1. The van der Waals surface area contributed by atoms with E-state index in [1.807, 2.05) is 103 Å². The molecule has 6 aromatic carbocycles. The van der Waals surface area contributed by atoms with Crippen LogP contribution in [0.4, 0.5) is 26.3 Å². The van der Waals surface area contributed by atoms with Gasteiger partial charge in [0.25, 0.3) is 0 Å². The molecule has 5 fully saturated rings. The van der Waals surface area contributed by atoms with Crippen LogP contribution in [0.25, 0.3) is 16.7 Å². The molecule has 5 heterocycles. The summed E-state index contributed by atoms with van der Waals surface area (Å²) in [5.41, 5.74) is 11.1. The van der Waals surface area contributed by atoms with Gasteiger partial charge in [-0.05, 0) is 212 Å². The summed E-state index contributed by atoms with van der Waals surface area (Å²) < 4.78 is 84.5. The van der Waals surface area contributed by atoms with Gasteiger partial charge in [0.2, 0.25) is 34.2 Å². The number of alkyl halides is 2. The summed E-state index contributed by atoms with van der Waals surface area (Å²) in [6.07, 6.45) is 15.9. The summed E-state index contributed by atoms with van der Waals surface area (Å²) in [4.78, 5) is 81.8. The Morgan fingerprint density at radius 2 is 0.800 bits per heavy atom. The number of hydrogen-bond donors (Lipinski definition) is 4. The third kappa shape index (κ3) is 20.4. The predicted molar refractivity (Wildman–Crippen MR) is 385 cm³/mol. The molecular formula is C77H81Br3F6N8O6. The second-order valence-electron chi connectivity index (χ2n) is 26.1. The fourth-order valence-electron chi connectivity index (χ4n) is 13.1. The Kier molecular flexibility index (Phi) is 26.9. The number of hydrogen-bond acceptors (Lipinski definition) is 9. The molecule has 0 bridgehead atoms. The number of halogens is 9. The van der Waals surface area contributed by atoms with E-state index in [1.54, 1.807) is 20.8 Å². The highest BCUT2D eigenvalue weighted by Crippen LogP contribution is 2.43. The quantitative estimate of drug-likeness (QED) is 0.0370. The zero-order valence-corrected chi connectivity index (χ0v) is 59.9. The molecule has 528 valence electrons. The van der Waals surface area contributed by atoms with Crippen molar-refractivity contribution in [3.8, 4) is 0 Å². The standard InChI is InChI=1S/C27H29F2N3O2.C23H21BrF2N2O2.C21H20F2N2O.C4H9N.C2H2Br2O/c28-21-10-11-23(29)22(15-21)20-14-24(18-6-2-1-3-7-18)32(16-20)27(34)26(19-8-9-19)30-25(33)17-31-12-4-5-13-31;24-12-21(29)27-22(15-6-7-15)23(30)28-13-16(18-11-17(25)8-9-19(18)26)10-20(28)14-4-2-1-3-5-14;22-16-8-9-18(23)17(11-16)15-10-19(13-4-2-1-3-5-13)25(12-15)21(26)20(24)14-6-7-14;1-2-4-5-3-1;3-1-2(4)5/h1-3,6-7,10-11,14-15,19,24,26H,4-5,8-9,12-13,16-17H2,(H,30,33);1-5,8-11,15,20,22H,6-7,12-13H2,(H,27,29);1-5,8-11,14,19-20H,6-7,12,24H2;5H,1-4H2;1H2/t24-,26-;20-,22-;19-,20-;;/m000../s1. The monoisotopic (exact) mass is 1560 g/mol. The molecule has 0 unspecified atom stereocenters. The van der Waals surface area contributed by atoms with E-state index in [4.69, 9.17) is 5.73 Å². The van der Waals surface area contributed by atoms with Gasteiger partial charge in [0.15, 0.2) is 0 Å². The summed E-state index contributed by atoms with van der Waals surface area (Å²) in [5.74, 6) is -3.56. The Hall–Kier alpha value is -7.54. The number of carbonyl (C=O) groups excluding carboxylic acids is 6. The van der Waals surface area contributed by atoms with Gasteiger partial charge in [0.1, 0.15) is 47.0 Å². The molecule has 3 aliphatic carbocycles. The molecule has 0 aromatic heterocycles. The molecule has 5 amide bonds. The minimum absolute atomic E-state index is 0.0162. The number of nitrogens with two attached hydrogens (primary N) is 1. The highest BCUT2D eigenvalue weighted by atomic mass is 79.9. The van der Waals surface area contributed by atoms with Gasteiger partial charge in [-0.1, -0.05) is 141 Å². The topological polar surface area (TPSA) is 177 Å². The van der Waals surface area contributed by atoms with E-state index < -0.39 is 65.1 Å². The molecule has 23 heteroatoms. The highest BCUT2D eigenvalue weighted by molar-refractivity contribution is 9.19. The summed E-state index contributed by atoms with van der Waals surface area (Å²) in [6, 6.07) is 35.6. The van der Waals surface area contributed by atoms with Crippen LogP contribution in [0, 0.1) is 52.7 Å². The van der Waals surface area contributed by atoms with E-state index in [0.717, 1.165) is 124 Å². The first-order valence-electron chi connectivity index (χ1n) is 33.9. The van der Waals surface area contributed by atoms with E-state index in [0.29, 0.717) is 28.6 Å². The van der Waals surface area contributed by atoms with Crippen molar-refractivity contribution in [2.45, 2.75) is 100 Å². The summed E-state index contributed by atoms with van der Waals surface area (Å²) in [5, 5.41) is 9.55. The second kappa shape index (κ2) is 35.9. The molecule has 3 saturated carbocycles. The molecule has 5 N–H and O–H groups in total. The van der Waals surface area contributed by atoms with Crippen LogP contribution in [0.1, 0.15) is 116 Å². The van der Waals surface area contributed by atoms with Crippen molar-refractivity contribution in [3.05, 3.63) is 232 Å². The number of nitrogens with one attached hydrogen (secondary N) is 3. The number of rotatable bonds is 18. The van der Waals surface area contributed by atoms with Crippen molar-refractivity contribution < 1.29 is 55.1 Å². The molecule has 0 radical (unpaired) electrons. The number of likely N-dealkylation sites (tertiary alicyclic amines) is 1. The second-order valence-corrected chi connectivity index (χ2v) is 28.1. The number of amides is 5. The molecular weight excluding hydrogens is 1490 g/mol. The van der Waals surface area contributed by atoms with E-state index in [2.05, 4.69) is 68.6 Å². The van der Waals surface area contributed by atoms with Crippen LogP contribution >= 0.6 is 47.8 Å². The van der Waals surface area contributed by atoms with Gasteiger partial charge >= 0.3 is 0 Å². The van der Waals surface area contributed by atoms with Gasteiger partial charge in [-0.3, -0.25) is 33.7 Å². The number of nitrogens with zero attached hydrogens (tertiary/aromatic N) is 4. The zero-order valence-electron chi connectivity index (χ0n) is 55.1. The van der Waals surface area contributed by atoms with Crippen LogP contribution in [0.3, 0.4) is 0 Å². The molecule has 5 aliphatic heterocycles. The van der Waals surface area contributed by atoms with E-state index in [-0.39, 0.29) is 99.7 Å². The lowest BCUT2D eigenvalue weighted by molar-refractivity contribution is -0.137. The van der Waals surface area contributed by atoms with Crippen LogP contribution in [-0.4, -0.2) is 135 Å². The zero-order chi connectivity index (χ0) is 71.0. The molecule has 8 aliphatic rings. The van der Waals surface area contributed by atoms with Crippen molar-refractivity contribution in [3.63, 3.8) is 0 Å². The SMILES string of the molecule is C1CCNC1.N[C@H](C(=O)N1CC(c2cc(F)ccc2F)=C[C@H]1c1ccccc1)C1CC1.O=C(Br)CBr.O=C(CBr)N[C@H](C(=O)N1CC(c2cc(F)ccc2F)=C[C@H]1c1ccccc1)C1CC1.O=C(CN1CCCC1)N[C@H](C(=O)N1CC(c2cc(F)ccc2F)=C[C@H]1c1ccccc1)C1CC1. The van der Waals surface area contributed by atoms with Crippen molar-refractivity contribution in [2.24, 2.45) is 23.5 Å². The van der Waals surface area contributed by atoms with Crippen LogP contribution in [0.5, 0.6) is 0 Å². The van der Waals surface area contributed by atoms with E-state index >= 15 is 0 Å². The van der Waals surface area contributed by atoms with Gasteiger partial charge in [-0.25, -0.2) is 26.3 Å². The largest absolute Gasteiger partial charge is 0.343 e. The van der Waals surface area contributed by atoms with E-state index in [9.17, 15) is 55.1 Å². The van der Waals surface area contributed by atoms with Crippen LogP contribution < -0.4 is 21.7 Å². The molecule has 100 heavy (non-hydrogen) atoms. The fraction of sp³-hybridized carbons (Fsp3) is 0.377. The predicted octanol–water partition coefficient (Wildman–Crippen LogP) is 13.5.